The van der Waals surface area contributed by atoms with Crippen molar-refractivity contribution >= 4 is 8.80 Å². The molecule has 11 heavy (non-hydrogen) atoms. The molecule has 0 aliphatic heterocycles. The molecule has 0 radical (unpaired) electrons. The van der Waals surface area contributed by atoms with Gasteiger partial charge >= 0.3 is 8.80 Å². The molecule has 0 fully saturated rings. The van der Waals surface area contributed by atoms with Crippen molar-refractivity contribution in [3.63, 3.8) is 0 Å². The molecule has 0 amide bonds. The van der Waals surface area contributed by atoms with Crippen LogP contribution in [-0.2, 0) is 0 Å². The zero-order valence-corrected chi connectivity index (χ0v) is 7.78. The fourth-order valence-corrected chi connectivity index (χ4v) is 1.86. The van der Waals surface area contributed by atoms with E-state index < -0.39 is 14.5 Å². The maximum Gasteiger partial charge on any atom is 0.510 e. The topological polar surface area (TPSA) is 98.7 Å². The first-order chi connectivity index (χ1) is 4.88. The summed E-state index contributed by atoms with van der Waals surface area (Å²) in [6, 6.07) is 0. The third-order valence-electron chi connectivity index (χ3n) is 1.34. The van der Waals surface area contributed by atoms with Gasteiger partial charge in [-0.05, 0) is 13.3 Å². The Hall–Kier alpha value is 0.0169. The Labute approximate surface area is 67.2 Å². The molecule has 0 bridgehead atoms. The summed E-state index contributed by atoms with van der Waals surface area (Å²) in [6.07, 6.45) is 0.0929. The Kier molecular flexibility index (Phi) is 4.15. The molecule has 0 aliphatic carbocycles. The lowest BCUT2D eigenvalue weighted by Crippen LogP contribution is -2.59. The molecule has 2 atom stereocenters. The quantitative estimate of drug-likeness (QED) is 0.257. The van der Waals surface area contributed by atoms with E-state index in [1.54, 1.807) is 13.8 Å². The van der Waals surface area contributed by atoms with Gasteiger partial charge in [-0.1, -0.05) is 6.92 Å². The predicted octanol–water partition coefficient (Wildman–Crippen LogP) is -1.89. The Morgan fingerprint density at radius 3 is 2.00 bits per heavy atom. The molecule has 2 unspecified atom stereocenters. The van der Waals surface area contributed by atoms with E-state index in [1.165, 1.54) is 0 Å². The third kappa shape index (κ3) is 4.46. The molecule has 5 nitrogen and oxygen atoms in total. The summed E-state index contributed by atoms with van der Waals surface area (Å²) in [7, 11) is -4.04. The maximum absolute atomic E-state index is 8.86. The lowest BCUT2D eigenvalue weighted by Gasteiger charge is -2.23. The molecule has 0 aromatic heterocycles. The summed E-state index contributed by atoms with van der Waals surface area (Å²) >= 11 is 0. The largest absolute Gasteiger partial charge is 0.510 e. The molecule has 0 rings (SSSR count). The maximum atomic E-state index is 8.86. The van der Waals surface area contributed by atoms with E-state index in [2.05, 4.69) is 5.32 Å². The van der Waals surface area contributed by atoms with Crippen LogP contribution in [0.15, 0.2) is 0 Å². The van der Waals surface area contributed by atoms with Crippen LogP contribution in [0.25, 0.3) is 0 Å². The molecule has 0 aromatic carbocycles. The average Bonchev–Trinajstić information content (AvgIpc) is 1.79. The van der Waals surface area contributed by atoms with Crippen LogP contribution in [-0.4, -0.2) is 35.0 Å². The normalized spacial score (nSPS) is 18.0. The zero-order chi connectivity index (χ0) is 9.07. The standard InChI is InChI=1S/C5H16N2O3Si/c1-3-5(7-4(2)6)11(8,9)10/h4-5,7-10H,3,6H2,1-2H3. The van der Waals surface area contributed by atoms with Gasteiger partial charge in [0.05, 0.1) is 11.8 Å². The summed E-state index contributed by atoms with van der Waals surface area (Å²) in [5.74, 6) is 0. The second kappa shape index (κ2) is 4.15. The Morgan fingerprint density at radius 1 is 1.45 bits per heavy atom. The van der Waals surface area contributed by atoms with Gasteiger partial charge in [0.1, 0.15) is 0 Å². The smallest absolute Gasteiger partial charge is 0.389 e. The van der Waals surface area contributed by atoms with Crippen molar-refractivity contribution in [2.45, 2.75) is 32.1 Å². The van der Waals surface area contributed by atoms with Gasteiger partial charge in [-0.25, -0.2) is 0 Å². The highest BCUT2D eigenvalue weighted by atomic mass is 28.4. The first-order valence-electron chi connectivity index (χ1n) is 3.56. The molecule has 6 heteroatoms. The van der Waals surface area contributed by atoms with Crippen LogP contribution in [0.4, 0.5) is 0 Å². The van der Waals surface area contributed by atoms with E-state index in [4.69, 9.17) is 20.1 Å². The Morgan fingerprint density at radius 2 is 1.91 bits per heavy atom. The SMILES string of the molecule is CCC(NC(C)N)[Si](O)(O)O. The second-order valence-corrected chi connectivity index (χ2v) is 4.67. The van der Waals surface area contributed by atoms with Crippen LogP contribution >= 0.6 is 0 Å². The molecule has 6 N–H and O–H groups in total. The highest BCUT2D eigenvalue weighted by Gasteiger charge is 2.37. The summed E-state index contributed by atoms with van der Waals surface area (Å²) in [6.45, 7) is 3.41. The molecule has 0 heterocycles. The van der Waals surface area contributed by atoms with E-state index in [9.17, 15) is 0 Å². The van der Waals surface area contributed by atoms with Gasteiger partial charge in [0.15, 0.2) is 0 Å². The van der Waals surface area contributed by atoms with E-state index in [1.807, 2.05) is 0 Å². The average molecular weight is 180 g/mol. The number of nitrogens with one attached hydrogen (secondary N) is 1. The van der Waals surface area contributed by atoms with Gasteiger partial charge in [-0.15, -0.1) is 0 Å². The monoisotopic (exact) mass is 180 g/mol. The summed E-state index contributed by atoms with van der Waals surface area (Å²) < 4.78 is 0. The van der Waals surface area contributed by atoms with Crippen molar-refractivity contribution in [3.05, 3.63) is 0 Å². The van der Waals surface area contributed by atoms with Gasteiger partial charge in [-0.2, -0.15) is 0 Å². The van der Waals surface area contributed by atoms with E-state index >= 15 is 0 Å². The lowest BCUT2D eigenvalue weighted by atomic mass is 10.4. The van der Waals surface area contributed by atoms with Crippen molar-refractivity contribution in [1.29, 1.82) is 0 Å². The predicted molar refractivity (Wildman–Crippen MR) is 43.3 cm³/mol. The highest BCUT2D eigenvalue weighted by molar-refractivity contribution is 6.58. The molecule has 68 valence electrons. The van der Waals surface area contributed by atoms with Crippen LogP contribution in [0, 0.1) is 0 Å². The van der Waals surface area contributed by atoms with Gasteiger partial charge in [0.2, 0.25) is 0 Å². The molecule has 0 aliphatic rings. The number of hydrogen-bond donors (Lipinski definition) is 5. The summed E-state index contributed by atoms with van der Waals surface area (Å²) in [4.78, 5) is 26.6. The summed E-state index contributed by atoms with van der Waals surface area (Å²) in [5.41, 5.74) is 4.67. The Bertz CT molecular complexity index is 115. The van der Waals surface area contributed by atoms with Gasteiger partial charge in [0, 0.05) is 0 Å². The lowest BCUT2D eigenvalue weighted by molar-refractivity contribution is 0.197. The minimum absolute atomic E-state index is 0.349. The number of rotatable bonds is 4. The van der Waals surface area contributed by atoms with E-state index in [0.717, 1.165) is 0 Å². The Balaban J connectivity index is 3.96. The minimum atomic E-state index is -4.04. The van der Waals surface area contributed by atoms with Crippen molar-refractivity contribution < 1.29 is 14.4 Å². The first kappa shape index (κ1) is 11.0. The highest BCUT2D eigenvalue weighted by Crippen LogP contribution is 2.00. The van der Waals surface area contributed by atoms with E-state index in [-0.39, 0.29) is 6.17 Å². The second-order valence-electron chi connectivity index (χ2n) is 2.60. The van der Waals surface area contributed by atoms with Crippen LogP contribution in [0.3, 0.4) is 0 Å². The van der Waals surface area contributed by atoms with E-state index in [0.29, 0.717) is 6.42 Å². The zero-order valence-electron chi connectivity index (χ0n) is 6.78. The van der Waals surface area contributed by atoms with Crippen molar-refractivity contribution in [1.82, 2.24) is 5.32 Å². The molecular formula is C5H16N2O3Si. The molecule has 0 spiro atoms. The van der Waals surface area contributed by atoms with Crippen molar-refractivity contribution in [2.24, 2.45) is 5.73 Å². The summed E-state index contributed by atoms with van der Waals surface area (Å²) in [5, 5.41) is 2.66. The number of hydrogen-bond acceptors (Lipinski definition) is 5. The van der Waals surface area contributed by atoms with Crippen LogP contribution in [0.1, 0.15) is 20.3 Å². The van der Waals surface area contributed by atoms with Gasteiger partial charge < -0.3 is 20.1 Å². The fourth-order valence-electron chi connectivity index (χ4n) is 0.821. The van der Waals surface area contributed by atoms with Crippen molar-refractivity contribution in [3.8, 4) is 0 Å². The first-order valence-corrected chi connectivity index (χ1v) is 5.48. The van der Waals surface area contributed by atoms with Crippen LogP contribution in [0.2, 0.25) is 0 Å². The van der Waals surface area contributed by atoms with Crippen LogP contribution < -0.4 is 11.1 Å². The van der Waals surface area contributed by atoms with Crippen molar-refractivity contribution in [2.75, 3.05) is 0 Å². The molecule has 0 saturated carbocycles. The van der Waals surface area contributed by atoms with Crippen LogP contribution in [0.5, 0.6) is 0 Å². The van der Waals surface area contributed by atoms with Gasteiger partial charge in [-0.3, -0.25) is 5.32 Å². The van der Waals surface area contributed by atoms with Gasteiger partial charge in [0.25, 0.3) is 0 Å². The number of nitrogens with two attached hydrogens (primary N) is 1. The fraction of sp³-hybridized carbons (Fsp3) is 1.00. The molecule has 0 saturated heterocycles. The third-order valence-corrected chi connectivity index (χ3v) is 2.85. The molecular weight excluding hydrogens is 164 g/mol. The minimum Gasteiger partial charge on any atom is -0.389 e. The molecule has 0 aromatic rings.